The van der Waals surface area contributed by atoms with Gasteiger partial charge < -0.3 is 5.11 Å². The molecule has 1 aromatic heterocycles. The second kappa shape index (κ2) is 6.35. The van der Waals surface area contributed by atoms with Crippen LogP contribution in [0, 0.1) is 0 Å². The lowest BCUT2D eigenvalue weighted by atomic mass is 9.95. The molecule has 1 aliphatic carbocycles. The molecule has 0 bridgehead atoms. The molecule has 0 radical (unpaired) electrons. The highest BCUT2D eigenvalue weighted by Gasteiger charge is 2.33. The number of aliphatic hydroxyl groups is 1. The highest BCUT2D eigenvalue weighted by molar-refractivity contribution is 7.91. The van der Waals surface area contributed by atoms with Gasteiger partial charge in [-0.1, -0.05) is 25.3 Å². The summed E-state index contributed by atoms with van der Waals surface area (Å²) in [5.74, 6) is 0. The molecule has 6 heteroatoms. The fraction of sp³-hybridized carbons (Fsp3) is 0.692. The second-order valence-corrected chi connectivity index (χ2v) is 8.21. The summed E-state index contributed by atoms with van der Waals surface area (Å²) in [4.78, 5) is 0. The molecule has 1 fully saturated rings. The van der Waals surface area contributed by atoms with Crippen LogP contribution in [0.4, 0.5) is 0 Å². The number of hydrogen-bond donors (Lipinski definition) is 1. The number of hydrogen-bond acceptors (Lipinski definition) is 4. The van der Waals surface area contributed by atoms with E-state index in [0.717, 1.165) is 25.7 Å². The SMILES string of the molecule is CC(O)CN(C1CCCCC1)S(=O)(=O)c1cccs1. The maximum Gasteiger partial charge on any atom is 0.252 e. The summed E-state index contributed by atoms with van der Waals surface area (Å²) in [6.07, 6.45) is 4.48. The molecule has 0 spiro atoms. The zero-order valence-corrected chi connectivity index (χ0v) is 12.8. The first-order chi connectivity index (χ1) is 9.01. The minimum absolute atomic E-state index is 0.0375. The molecule has 108 valence electrons. The van der Waals surface area contributed by atoms with Gasteiger partial charge in [-0.3, -0.25) is 0 Å². The lowest BCUT2D eigenvalue weighted by Crippen LogP contribution is -2.44. The Kier molecular flexibility index (Phi) is 5.00. The van der Waals surface area contributed by atoms with Crippen LogP contribution in [0.5, 0.6) is 0 Å². The van der Waals surface area contributed by atoms with E-state index in [9.17, 15) is 13.5 Å². The van der Waals surface area contributed by atoms with Crippen LogP contribution in [0.3, 0.4) is 0 Å². The molecule has 1 aliphatic rings. The standard InChI is InChI=1S/C13H21NO3S2/c1-11(15)10-14(12-6-3-2-4-7-12)19(16,17)13-8-5-9-18-13/h5,8-9,11-12,15H,2-4,6-7,10H2,1H3. The predicted octanol–water partition coefficient (Wildman–Crippen LogP) is 2.45. The number of rotatable bonds is 5. The summed E-state index contributed by atoms with van der Waals surface area (Å²) in [7, 11) is -3.46. The number of aliphatic hydroxyl groups excluding tert-OH is 1. The van der Waals surface area contributed by atoms with E-state index in [0.29, 0.717) is 4.21 Å². The van der Waals surface area contributed by atoms with E-state index in [-0.39, 0.29) is 12.6 Å². The Balaban J connectivity index is 2.26. The maximum absolute atomic E-state index is 12.7. The van der Waals surface area contributed by atoms with Crippen LogP contribution in [0.25, 0.3) is 0 Å². The van der Waals surface area contributed by atoms with E-state index in [1.165, 1.54) is 22.1 Å². The van der Waals surface area contributed by atoms with E-state index in [1.807, 2.05) is 0 Å². The molecule has 1 aromatic rings. The van der Waals surface area contributed by atoms with Crippen LogP contribution in [0.2, 0.25) is 0 Å². The molecule has 0 amide bonds. The molecule has 1 saturated carbocycles. The Morgan fingerprint density at radius 3 is 2.63 bits per heavy atom. The Bertz CT molecular complexity index is 476. The molecule has 19 heavy (non-hydrogen) atoms. The van der Waals surface area contributed by atoms with E-state index >= 15 is 0 Å². The van der Waals surface area contributed by atoms with Crippen molar-refractivity contribution in [3.63, 3.8) is 0 Å². The fourth-order valence-corrected chi connectivity index (χ4v) is 5.48. The molecule has 1 N–H and O–H groups in total. The van der Waals surface area contributed by atoms with Gasteiger partial charge in [0.25, 0.3) is 10.0 Å². The van der Waals surface area contributed by atoms with Crippen LogP contribution in [-0.2, 0) is 10.0 Å². The van der Waals surface area contributed by atoms with Crippen molar-refractivity contribution in [2.24, 2.45) is 0 Å². The number of sulfonamides is 1. The van der Waals surface area contributed by atoms with Crippen molar-refractivity contribution in [2.45, 2.75) is 55.4 Å². The third kappa shape index (κ3) is 3.56. The average Bonchev–Trinajstić information content (AvgIpc) is 2.91. The van der Waals surface area contributed by atoms with Crippen molar-refractivity contribution in [1.29, 1.82) is 0 Å². The van der Waals surface area contributed by atoms with E-state index in [2.05, 4.69) is 0 Å². The Morgan fingerprint density at radius 1 is 1.42 bits per heavy atom. The number of thiophene rings is 1. The van der Waals surface area contributed by atoms with Crippen molar-refractivity contribution in [1.82, 2.24) is 4.31 Å². The molecule has 1 unspecified atom stereocenters. The van der Waals surface area contributed by atoms with Gasteiger partial charge in [0.1, 0.15) is 4.21 Å². The molecule has 0 aromatic carbocycles. The topological polar surface area (TPSA) is 57.6 Å². The molecule has 4 nitrogen and oxygen atoms in total. The van der Waals surface area contributed by atoms with Gasteiger partial charge in [-0.15, -0.1) is 11.3 Å². The van der Waals surface area contributed by atoms with Crippen molar-refractivity contribution in [3.8, 4) is 0 Å². The smallest absolute Gasteiger partial charge is 0.252 e. The molecule has 0 saturated heterocycles. The summed E-state index contributed by atoms with van der Waals surface area (Å²) in [6.45, 7) is 1.82. The van der Waals surface area contributed by atoms with Crippen molar-refractivity contribution < 1.29 is 13.5 Å². The van der Waals surface area contributed by atoms with Crippen molar-refractivity contribution in [2.75, 3.05) is 6.54 Å². The van der Waals surface area contributed by atoms with Crippen LogP contribution in [0.1, 0.15) is 39.0 Å². The molecular weight excluding hydrogens is 282 g/mol. The largest absolute Gasteiger partial charge is 0.392 e. The van der Waals surface area contributed by atoms with Crippen LogP contribution in [0.15, 0.2) is 21.7 Å². The van der Waals surface area contributed by atoms with E-state index in [1.54, 1.807) is 24.4 Å². The van der Waals surface area contributed by atoms with E-state index in [4.69, 9.17) is 0 Å². The summed E-state index contributed by atoms with van der Waals surface area (Å²) in [6, 6.07) is 3.42. The fourth-order valence-electron chi connectivity index (χ4n) is 2.60. The summed E-state index contributed by atoms with van der Waals surface area (Å²) < 4.78 is 27.2. The first kappa shape index (κ1) is 15.0. The van der Waals surface area contributed by atoms with Crippen LogP contribution < -0.4 is 0 Å². The summed E-state index contributed by atoms with van der Waals surface area (Å²) >= 11 is 1.24. The van der Waals surface area contributed by atoms with Gasteiger partial charge in [0.2, 0.25) is 0 Å². The first-order valence-corrected chi connectivity index (χ1v) is 9.07. The van der Waals surface area contributed by atoms with Crippen molar-refractivity contribution >= 4 is 21.4 Å². The molecule has 0 aliphatic heterocycles. The quantitative estimate of drug-likeness (QED) is 0.909. The van der Waals surface area contributed by atoms with Crippen LogP contribution in [-0.4, -0.2) is 36.5 Å². The van der Waals surface area contributed by atoms with Gasteiger partial charge in [-0.25, -0.2) is 8.42 Å². The third-order valence-electron chi connectivity index (χ3n) is 3.48. The molecule has 1 atom stereocenters. The maximum atomic E-state index is 12.7. The highest BCUT2D eigenvalue weighted by Crippen LogP contribution is 2.29. The Hall–Kier alpha value is -0.430. The normalized spacial score (nSPS) is 19.7. The number of nitrogens with zero attached hydrogens (tertiary/aromatic N) is 1. The minimum atomic E-state index is -3.46. The van der Waals surface area contributed by atoms with Gasteiger partial charge in [0, 0.05) is 12.6 Å². The van der Waals surface area contributed by atoms with E-state index < -0.39 is 16.1 Å². The van der Waals surface area contributed by atoms with Crippen LogP contribution >= 0.6 is 11.3 Å². The lowest BCUT2D eigenvalue weighted by molar-refractivity contribution is 0.136. The van der Waals surface area contributed by atoms with Gasteiger partial charge in [-0.2, -0.15) is 4.31 Å². The molecule has 2 rings (SSSR count). The third-order valence-corrected chi connectivity index (χ3v) is 6.78. The van der Waals surface area contributed by atoms with Gasteiger partial charge in [-0.05, 0) is 31.2 Å². The zero-order valence-electron chi connectivity index (χ0n) is 11.2. The molecule has 1 heterocycles. The Labute approximate surface area is 119 Å². The molecular formula is C13H21NO3S2. The second-order valence-electron chi connectivity index (χ2n) is 5.15. The first-order valence-electron chi connectivity index (χ1n) is 6.75. The summed E-state index contributed by atoms with van der Waals surface area (Å²) in [5.41, 5.74) is 0. The zero-order chi connectivity index (χ0) is 13.9. The Morgan fingerprint density at radius 2 is 2.11 bits per heavy atom. The average molecular weight is 303 g/mol. The predicted molar refractivity (Wildman–Crippen MR) is 76.8 cm³/mol. The van der Waals surface area contributed by atoms with Crippen molar-refractivity contribution in [3.05, 3.63) is 17.5 Å². The summed E-state index contributed by atoms with van der Waals surface area (Å²) in [5, 5.41) is 11.4. The van der Waals surface area contributed by atoms with Gasteiger partial charge >= 0.3 is 0 Å². The van der Waals surface area contributed by atoms with Gasteiger partial charge in [0.05, 0.1) is 6.10 Å². The van der Waals surface area contributed by atoms with Gasteiger partial charge in [0.15, 0.2) is 0 Å². The monoisotopic (exact) mass is 303 g/mol. The highest BCUT2D eigenvalue weighted by atomic mass is 32.2. The minimum Gasteiger partial charge on any atom is -0.392 e. The lowest BCUT2D eigenvalue weighted by Gasteiger charge is -2.33.